The van der Waals surface area contributed by atoms with Crippen LogP contribution in [0.4, 0.5) is 23.5 Å². The lowest BCUT2D eigenvalue weighted by Gasteiger charge is -2.25. The number of benzene rings is 1. The number of anilines is 1. The lowest BCUT2D eigenvalue weighted by atomic mass is 10.0. The van der Waals surface area contributed by atoms with E-state index in [0.29, 0.717) is 18.5 Å². The molecule has 2 aromatic rings. The third kappa shape index (κ3) is 3.13. The summed E-state index contributed by atoms with van der Waals surface area (Å²) in [6.07, 6.45) is -2.80. The summed E-state index contributed by atoms with van der Waals surface area (Å²) in [5.74, 6) is -0.182. The monoisotopic (exact) mass is 325 g/mol. The van der Waals surface area contributed by atoms with Crippen molar-refractivity contribution in [2.75, 3.05) is 11.4 Å². The van der Waals surface area contributed by atoms with Gasteiger partial charge in [0.05, 0.1) is 6.04 Å². The number of aromatic nitrogens is 2. The minimum Gasteiger partial charge on any atom is -0.333 e. The fraction of sp³-hybridized carbons (Fsp3) is 0.375. The molecule has 1 aromatic carbocycles. The van der Waals surface area contributed by atoms with Gasteiger partial charge in [-0.3, -0.25) is 0 Å². The third-order valence-corrected chi connectivity index (χ3v) is 3.96. The van der Waals surface area contributed by atoms with Crippen molar-refractivity contribution in [3.05, 3.63) is 53.6 Å². The number of nitrogens with zero attached hydrogens (tertiary/aromatic N) is 3. The van der Waals surface area contributed by atoms with Crippen LogP contribution in [-0.4, -0.2) is 16.5 Å². The highest BCUT2D eigenvalue weighted by Crippen LogP contribution is 2.39. The molecule has 2 heterocycles. The first-order valence-corrected chi connectivity index (χ1v) is 7.27. The Balaban J connectivity index is 1.99. The van der Waals surface area contributed by atoms with Gasteiger partial charge in [0, 0.05) is 18.3 Å². The highest BCUT2D eigenvalue weighted by atomic mass is 19.4. The summed E-state index contributed by atoms with van der Waals surface area (Å²) in [6.45, 7) is 2.46. The van der Waals surface area contributed by atoms with Gasteiger partial charge in [0.25, 0.3) is 0 Å². The van der Waals surface area contributed by atoms with E-state index >= 15 is 0 Å². The molecule has 0 saturated carbocycles. The summed E-state index contributed by atoms with van der Waals surface area (Å²) in [5.41, 5.74) is -0.535. The zero-order valence-electron chi connectivity index (χ0n) is 12.4. The van der Waals surface area contributed by atoms with E-state index in [1.165, 1.54) is 6.07 Å². The van der Waals surface area contributed by atoms with Crippen LogP contribution in [0.25, 0.3) is 0 Å². The average molecular weight is 325 g/mol. The molecule has 23 heavy (non-hydrogen) atoms. The number of hydrogen-bond acceptors (Lipinski definition) is 3. The average Bonchev–Trinajstić information content (AvgIpc) is 2.89. The topological polar surface area (TPSA) is 29.0 Å². The molecule has 0 spiro atoms. The first-order valence-electron chi connectivity index (χ1n) is 7.27. The first-order chi connectivity index (χ1) is 10.9. The Morgan fingerprint density at radius 2 is 1.91 bits per heavy atom. The molecule has 0 aliphatic carbocycles. The lowest BCUT2D eigenvalue weighted by molar-refractivity contribution is -0.141. The highest BCUT2D eigenvalue weighted by Gasteiger charge is 2.37. The van der Waals surface area contributed by atoms with Gasteiger partial charge in [-0.2, -0.15) is 13.2 Å². The Kier molecular flexibility index (Phi) is 3.95. The van der Waals surface area contributed by atoms with Crippen LogP contribution in [0.2, 0.25) is 0 Å². The molecule has 0 bridgehead atoms. The summed E-state index contributed by atoms with van der Waals surface area (Å²) >= 11 is 0. The van der Waals surface area contributed by atoms with Gasteiger partial charge in [0.2, 0.25) is 5.95 Å². The van der Waals surface area contributed by atoms with Crippen molar-refractivity contribution in [3.63, 3.8) is 0 Å². The zero-order valence-corrected chi connectivity index (χ0v) is 12.4. The molecular formula is C16H15F4N3. The number of halogens is 4. The van der Waals surface area contributed by atoms with E-state index in [-0.39, 0.29) is 23.7 Å². The quantitative estimate of drug-likeness (QED) is 0.774. The molecule has 0 amide bonds. The highest BCUT2D eigenvalue weighted by molar-refractivity contribution is 5.40. The van der Waals surface area contributed by atoms with Crippen LogP contribution in [-0.2, 0) is 6.18 Å². The van der Waals surface area contributed by atoms with Crippen molar-refractivity contribution in [1.82, 2.24) is 9.97 Å². The molecule has 1 aliphatic rings. The van der Waals surface area contributed by atoms with Crippen molar-refractivity contribution in [1.29, 1.82) is 0 Å². The van der Waals surface area contributed by atoms with Crippen molar-refractivity contribution in [3.8, 4) is 0 Å². The van der Waals surface area contributed by atoms with E-state index in [1.807, 2.05) is 6.92 Å². The molecule has 122 valence electrons. The Morgan fingerprint density at radius 1 is 1.17 bits per heavy atom. The molecule has 0 unspecified atom stereocenters. The van der Waals surface area contributed by atoms with Gasteiger partial charge in [-0.1, -0.05) is 25.1 Å². The fourth-order valence-corrected chi connectivity index (χ4v) is 2.95. The molecule has 0 radical (unpaired) electrons. The molecule has 1 saturated heterocycles. The van der Waals surface area contributed by atoms with Crippen molar-refractivity contribution >= 4 is 5.95 Å². The summed E-state index contributed by atoms with van der Waals surface area (Å²) < 4.78 is 52.6. The molecule has 3 nitrogen and oxygen atoms in total. The van der Waals surface area contributed by atoms with E-state index in [2.05, 4.69) is 9.97 Å². The van der Waals surface area contributed by atoms with E-state index in [0.717, 1.165) is 12.3 Å². The van der Waals surface area contributed by atoms with Crippen LogP contribution in [0.5, 0.6) is 0 Å². The van der Waals surface area contributed by atoms with Gasteiger partial charge in [-0.05, 0) is 24.5 Å². The smallest absolute Gasteiger partial charge is 0.333 e. The van der Waals surface area contributed by atoms with E-state index in [4.69, 9.17) is 0 Å². The van der Waals surface area contributed by atoms with Crippen molar-refractivity contribution in [2.24, 2.45) is 5.92 Å². The number of rotatable bonds is 2. The molecule has 1 aromatic heterocycles. The first kappa shape index (κ1) is 15.7. The van der Waals surface area contributed by atoms with Crippen molar-refractivity contribution < 1.29 is 17.6 Å². The van der Waals surface area contributed by atoms with Crippen LogP contribution in [0.1, 0.15) is 30.6 Å². The summed E-state index contributed by atoms with van der Waals surface area (Å²) in [5, 5.41) is 0. The van der Waals surface area contributed by atoms with E-state index < -0.39 is 11.9 Å². The van der Waals surface area contributed by atoms with E-state index in [1.54, 1.807) is 23.1 Å². The second-order valence-corrected chi connectivity index (χ2v) is 5.77. The predicted octanol–water partition coefficient (Wildman–Crippen LogP) is 4.22. The third-order valence-electron chi connectivity index (χ3n) is 3.96. The largest absolute Gasteiger partial charge is 0.433 e. The number of alkyl halides is 3. The maximum Gasteiger partial charge on any atom is 0.433 e. The molecule has 1 fully saturated rings. The number of hydrogen-bond donors (Lipinski definition) is 0. The van der Waals surface area contributed by atoms with Crippen LogP contribution in [0, 0.1) is 11.7 Å². The summed E-state index contributed by atoms with van der Waals surface area (Å²) in [6, 6.07) is 6.77. The second-order valence-electron chi connectivity index (χ2n) is 5.77. The Morgan fingerprint density at radius 3 is 2.61 bits per heavy atom. The zero-order chi connectivity index (χ0) is 16.6. The maximum atomic E-state index is 14.1. The molecule has 0 N–H and O–H groups in total. The molecule has 3 rings (SSSR count). The minimum absolute atomic E-state index is 0.0163. The maximum absolute atomic E-state index is 14.1. The van der Waals surface area contributed by atoms with Gasteiger partial charge in [-0.25, -0.2) is 14.4 Å². The van der Waals surface area contributed by atoms with Gasteiger partial charge in [0.1, 0.15) is 11.5 Å². The minimum atomic E-state index is -4.53. The van der Waals surface area contributed by atoms with Crippen LogP contribution in [0.15, 0.2) is 36.5 Å². The lowest BCUT2D eigenvalue weighted by Crippen LogP contribution is -2.26. The van der Waals surface area contributed by atoms with E-state index in [9.17, 15) is 17.6 Å². The Bertz CT molecular complexity index is 702. The van der Waals surface area contributed by atoms with Gasteiger partial charge >= 0.3 is 6.18 Å². The normalized spacial score (nSPS) is 21.7. The van der Waals surface area contributed by atoms with Crippen LogP contribution in [0.3, 0.4) is 0 Å². The second kappa shape index (κ2) is 5.79. The summed E-state index contributed by atoms with van der Waals surface area (Å²) in [4.78, 5) is 9.25. The Hall–Kier alpha value is -2.18. The Labute approximate surface area is 131 Å². The standard InChI is InChI=1S/C16H15F4N3/c1-10-8-13(11-4-2-3-5-12(11)17)23(9-10)15-21-7-6-14(22-15)16(18,19)20/h2-7,10,13H,8-9H2,1H3/t10-,13+/m0/s1. The molecule has 7 heteroatoms. The van der Waals surface area contributed by atoms with Gasteiger partial charge in [-0.15, -0.1) is 0 Å². The summed E-state index contributed by atoms with van der Waals surface area (Å²) in [7, 11) is 0. The van der Waals surface area contributed by atoms with Gasteiger partial charge < -0.3 is 4.90 Å². The fourth-order valence-electron chi connectivity index (χ4n) is 2.95. The molecule has 1 aliphatic heterocycles. The predicted molar refractivity (Wildman–Crippen MR) is 77.3 cm³/mol. The van der Waals surface area contributed by atoms with Crippen LogP contribution >= 0.6 is 0 Å². The molecule has 2 atom stereocenters. The molecular weight excluding hydrogens is 310 g/mol. The SMILES string of the molecule is C[C@H]1C[C@H](c2ccccc2F)N(c2nccc(C(F)(F)F)n2)C1. The van der Waals surface area contributed by atoms with Crippen molar-refractivity contribution in [2.45, 2.75) is 25.6 Å². The van der Waals surface area contributed by atoms with Crippen LogP contribution < -0.4 is 4.90 Å². The van der Waals surface area contributed by atoms with Gasteiger partial charge in [0.15, 0.2) is 0 Å².